The molecule has 2 N–H and O–H groups in total. The summed E-state index contributed by atoms with van der Waals surface area (Å²) >= 11 is 0. The number of piperidine rings is 1. The summed E-state index contributed by atoms with van der Waals surface area (Å²) < 4.78 is 38.7. The van der Waals surface area contributed by atoms with Crippen LogP contribution in [0.2, 0.25) is 0 Å². The van der Waals surface area contributed by atoms with Crippen molar-refractivity contribution in [3.05, 3.63) is 35.4 Å². The molecule has 1 amide bonds. The fourth-order valence-electron chi connectivity index (χ4n) is 2.94. The summed E-state index contributed by atoms with van der Waals surface area (Å²) in [7, 11) is 0. The van der Waals surface area contributed by atoms with Gasteiger partial charge in [-0.1, -0.05) is 25.1 Å². The standard InChI is InChI=1S/C18H25F3N2O/c1-16(2,13-5-4-6-14(11-13)18(19,20)21)15(24)23-12-17(3)7-9-22-10-8-17/h4-6,11,22H,7-10,12H2,1-3H3,(H,23,24). The molecule has 0 aliphatic carbocycles. The van der Waals surface area contributed by atoms with E-state index in [1.54, 1.807) is 19.9 Å². The van der Waals surface area contributed by atoms with Crippen molar-refractivity contribution in [1.82, 2.24) is 10.6 Å². The molecule has 0 radical (unpaired) electrons. The van der Waals surface area contributed by atoms with Crippen molar-refractivity contribution < 1.29 is 18.0 Å². The molecule has 6 heteroatoms. The third-order valence-corrected chi connectivity index (χ3v) is 4.97. The maximum atomic E-state index is 12.9. The summed E-state index contributed by atoms with van der Waals surface area (Å²) in [5, 5.41) is 6.23. The van der Waals surface area contributed by atoms with Crippen molar-refractivity contribution in [2.75, 3.05) is 19.6 Å². The lowest BCUT2D eigenvalue weighted by molar-refractivity contribution is -0.138. The van der Waals surface area contributed by atoms with Crippen molar-refractivity contribution in [3.63, 3.8) is 0 Å². The molecular weight excluding hydrogens is 317 g/mol. The first-order valence-electron chi connectivity index (χ1n) is 8.21. The fraction of sp³-hybridized carbons (Fsp3) is 0.611. The van der Waals surface area contributed by atoms with Crippen LogP contribution in [-0.4, -0.2) is 25.5 Å². The first-order chi connectivity index (χ1) is 11.0. The van der Waals surface area contributed by atoms with Crippen LogP contribution in [0, 0.1) is 5.41 Å². The van der Waals surface area contributed by atoms with Crippen molar-refractivity contribution in [1.29, 1.82) is 0 Å². The second kappa shape index (κ2) is 6.75. The van der Waals surface area contributed by atoms with E-state index in [9.17, 15) is 18.0 Å². The van der Waals surface area contributed by atoms with E-state index in [0.717, 1.165) is 38.1 Å². The number of nitrogens with one attached hydrogen (secondary N) is 2. The molecule has 1 aromatic rings. The van der Waals surface area contributed by atoms with Crippen molar-refractivity contribution in [3.8, 4) is 0 Å². The number of hydrogen-bond donors (Lipinski definition) is 2. The summed E-state index contributed by atoms with van der Waals surface area (Å²) in [4.78, 5) is 12.6. The first-order valence-corrected chi connectivity index (χ1v) is 8.21. The van der Waals surface area contributed by atoms with Crippen LogP contribution < -0.4 is 10.6 Å². The van der Waals surface area contributed by atoms with Gasteiger partial charge in [-0.3, -0.25) is 4.79 Å². The topological polar surface area (TPSA) is 41.1 Å². The quantitative estimate of drug-likeness (QED) is 0.879. The smallest absolute Gasteiger partial charge is 0.355 e. The number of halogens is 3. The van der Waals surface area contributed by atoms with Crippen LogP contribution in [0.15, 0.2) is 24.3 Å². The number of benzene rings is 1. The van der Waals surface area contributed by atoms with Crippen molar-refractivity contribution >= 4 is 5.91 Å². The predicted octanol–water partition coefficient (Wildman–Crippen LogP) is 3.49. The highest BCUT2D eigenvalue weighted by Gasteiger charge is 2.36. The van der Waals surface area contributed by atoms with Gasteiger partial charge in [-0.05, 0) is 56.8 Å². The monoisotopic (exact) mass is 342 g/mol. The molecule has 0 bridgehead atoms. The van der Waals surface area contributed by atoms with Crippen LogP contribution in [-0.2, 0) is 16.4 Å². The second-order valence-electron chi connectivity index (χ2n) is 7.45. The van der Waals surface area contributed by atoms with Gasteiger partial charge in [0.15, 0.2) is 0 Å². The van der Waals surface area contributed by atoms with Crippen LogP contribution in [0.25, 0.3) is 0 Å². The summed E-state index contributed by atoms with van der Waals surface area (Å²) in [6, 6.07) is 5.00. The van der Waals surface area contributed by atoms with E-state index in [2.05, 4.69) is 17.6 Å². The molecular formula is C18H25F3N2O. The zero-order chi connectivity index (χ0) is 18.0. The van der Waals surface area contributed by atoms with Crippen LogP contribution in [0.5, 0.6) is 0 Å². The van der Waals surface area contributed by atoms with E-state index in [4.69, 9.17) is 0 Å². The molecule has 134 valence electrons. The molecule has 3 nitrogen and oxygen atoms in total. The van der Waals surface area contributed by atoms with Gasteiger partial charge in [0, 0.05) is 6.54 Å². The lowest BCUT2D eigenvalue weighted by Gasteiger charge is -2.35. The number of hydrogen-bond acceptors (Lipinski definition) is 2. The molecule has 0 unspecified atom stereocenters. The Kier molecular flexibility index (Phi) is 5.28. The highest BCUT2D eigenvalue weighted by molar-refractivity contribution is 5.87. The van der Waals surface area contributed by atoms with Gasteiger partial charge in [0.05, 0.1) is 11.0 Å². The number of amides is 1. The van der Waals surface area contributed by atoms with Gasteiger partial charge in [0.25, 0.3) is 0 Å². The lowest BCUT2D eigenvalue weighted by atomic mass is 9.79. The van der Waals surface area contributed by atoms with E-state index in [1.165, 1.54) is 6.07 Å². The Bertz CT molecular complexity index is 590. The minimum atomic E-state index is -4.41. The Hall–Kier alpha value is -1.56. The van der Waals surface area contributed by atoms with Gasteiger partial charge in [-0.25, -0.2) is 0 Å². The maximum absolute atomic E-state index is 12.9. The minimum Gasteiger partial charge on any atom is -0.355 e. The second-order valence-corrected chi connectivity index (χ2v) is 7.45. The number of carbonyl (C=O) groups excluding carboxylic acids is 1. The van der Waals surface area contributed by atoms with E-state index in [1.807, 2.05) is 0 Å². The molecule has 1 aliphatic rings. The molecule has 0 aromatic heterocycles. The Morgan fingerprint density at radius 1 is 1.21 bits per heavy atom. The van der Waals surface area contributed by atoms with Gasteiger partial charge in [0.2, 0.25) is 5.91 Å². The van der Waals surface area contributed by atoms with E-state index >= 15 is 0 Å². The van der Waals surface area contributed by atoms with E-state index in [0.29, 0.717) is 12.1 Å². The summed E-state index contributed by atoms with van der Waals surface area (Å²) in [5.41, 5.74) is -1.36. The average molecular weight is 342 g/mol. The summed E-state index contributed by atoms with van der Waals surface area (Å²) in [5.74, 6) is -0.249. The SMILES string of the molecule is CC1(CNC(=O)C(C)(C)c2cccc(C(F)(F)F)c2)CCNCC1. The largest absolute Gasteiger partial charge is 0.416 e. The number of carbonyl (C=O) groups is 1. The normalized spacial score (nSPS) is 18.2. The molecule has 1 fully saturated rings. The molecule has 1 aromatic carbocycles. The van der Waals surface area contributed by atoms with Crippen molar-refractivity contribution in [2.24, 2.45) is 5.41 Å². The van der Waals surface area contributed by atoms with Gasteiger partial charge in [-0.15, -0.1) is 0 Å². The third kappa shape index (κ3) is 4.29. The highest BCUT2D eigenvalue weighted by Crippen LogP contribution is 2.33. The van der Waals surface area contributed by atoms with Crippen LogP contribution in [0.3, 0.4) is 0 Å². The Morgan fingerprint density at radius 2 is 1.79 bits per heavy atom. The van der Waals surface area contributed by atoms with Gasteiger partial charge >= 0.3 is 6.18 Å². The average Bonchev–Trinajstić information content (AvgIpc) is 2.52. The molecule has 0 saturated carbocycles. The van der Waals surface area contributed by atoms with Crippen LogP contribution in [0.4, 0.5) is 13.2 Å². The lowest BCUT2D eigenvalue weighted by Crippen LogP contribution is -2.47. The van der Waals surface area contributed by atoms with Crippen LogP contribution >= 0.6 is 0 Å². The van der Waals surface area contributed by atoms with E-state index in [-0.39, 0.29) is 11.3 Å². The number of rotatable bonds is 4. The van der Waals surface area contributed by atoms with Crippen molar-refractivity contribution in [2.45, 2.75) is 45.2 Å². The summed E-state index contributed by atoms with van der Waals surface area (Å²) in [6.07, 6.45) is -2.47. The zero-order valence-corrected chi connectivity index (χ0v) is 14.4. The molecule has 0 spiro atoms. The Labute approximate surface area is 141 Å². The highest BCUT2D eigenvalue weighted by atomic mass is 19.4. The minimum absolute atomic E-state index is 0.0325. The molecule has 24 heavy (non-hydrogen) atoms. The third-order valence-electron chi connectivity index (χ3n) is 4.97. The Balaban J connectivity index is 2.10. The fourth-order valence-corrected chi connectivity index (χ4v) is 2.94. The zero-order valence-electron chi connectivity index (χ0n) is 14.4. The maximum Gasteiger partial charge on any atom is 0.416 e. The van der Waals surface area contributed by atoms with Gasteiger partial charge in [0.1, 0.15) is 0 Å². The molecule has 2 rings (SSSR count). The molecule has 1 saturated heterocycles. The summed E-state index contributed by atoms with van der Waals surface area (Å²) in [6.45, 7) is 7.82. The first kappa shape index (κ1) is 18.8. The molecule has 0 atom stereocenters. The van der Waals surface area contributed by atoms with Gasteiger partial charge < -0.3 is 10.6 Å². The van der Waals surface area contributed by atoms with E-state index < -0.39 is 17.2 Å². The Morgan fingerprint density at radius 3 is 2.38 bits per heavy atom. The predicted molar refractivity (Wildman–Crippen MR) is 87.7 cm³/mol. The molecule has 1 aliphatic heterocycles. The molecule has 1 heterocycles. The van der Waals surface area contributed by atoms with Gasteiger partial charge in [-0.2, -0.15) is 13.2 Å². The number of alkyl halides is 3. The van der Waals surface area contributed by atoms with Crippen LogP contribution in [0.1, 0.15) is 44.7 Å².